The number of carbonyl (C=O) groups is 2. The predicted octanol–water partition coefficient (Wildman–Crippen LogP) is -0.104. The number of aliphatic hydroxyl groups is 1. The molecule has 10 heavy (non-hydrogen) atoms. The topological polar surface area (TPSA) is 54.4 Å². The molecule has 1 N–H and O–H groups in total. The molecule has 1 unspecified atom stereocenters. The van der Waals surface area contributed by atoms with Crippen LogP contribution in [0.25, 0.3) is 0 Å². The predicted molar refractivity (Wildman–Crippen MR) is 36.2 cm³/mol. The van der Waals surface area contributed by atoms with Crippen molar-refractivity contribution >= 4 is 11.6 Å². The third kappa shape index (κ3) is 3.14. The molecule has 1 radical (unpaired) electrons. The van der Waals surface area contributed by atoms with Crippen molar-refractivity contribution in [3.05, 3.63) is 19.6 Å². The second kappa shape index (κ2) is 3.95. The number of hydrogen-bond acceptors (Lipinski definition) is 3. The highest BCUT2D eigenvalue weighted by Gasteiger charge is 2.11. The SMILES string of the molecule is [CH2]C(O)CC(=O)C(=O)C=C. The molecule has 0 fully saturated rings. The van der Waals surface area contributed by atoms with E-state index in [9.17, 15) is 9.59 Å². The van der Waals surface area contributed by atoms with Gasteiger partial charge in [0.25, 0.3) is 0 Å². The standard InChI is InChI=1S/C7H9O3/c1-3-6(9)7(10)4-5(2)8/h3,5,8H,1-2,4H2. The lowest BCUT2D eigenvalue weighted by molar-refractivity contribution is -0.134. The van der Waals surface area contributed by atoms with Crippen molar-refractivity contribution in [1.82, 2.24) is 0 Å². The lowest BCUT2D eigenvalue weighted by Crippen LogP contribution is -2.16. The van der Waals surface area contributed by atoms with Crippen LogP contribution < -0.4 is 0 Å². The molecule has 0 saturated carbocycles. The number of Topliss-reactive ketones (excluding diaryl/α,β-unsaturated/α-hetero) is 1. The highest BCUT2D eigenvalue weighted by molar-refractivity contribution is 6.41. The summed E-state index contributed by atoms with van der Waals surface area (Å²) in [5.41, 5.74) is 0. The number of allylic oxidation sites excluding steroid dienone is 1. The molecule has 0 saturated heterocycles. The number of hydrogen-bond donors (Lipinski definition) is 1. The Hall–Kier alpha value is -0.960. The summed E-state index contributed by atoms with van der Waals surface area (Å²) < 4.78 is 0. The first-order valence-corrected chi connectivity index (χ1v) is 2.78. The van der Waals surface area contributed by atoms with Crippen LogP contribution in [0.1, 0.15) is 6.42 Å². The van der Waals surface area contributed by atoms with Gasteiger partial charge in [-0.25, -0.2) is 0 Å². The molecule has 0 aliphatic carbocycles. The quantitative estimate of drug-likeness (QED) is 0.439. The van der Waals surface area contributed by atoms with E-state index in [0.29, 0.717) is 0 Å². The Bertz CT molecular complexity index is 158. The Balaban J connectivity index is 3.85. The summed E-state index contributed by atoms with van der Waals surface area (Å²) in [6.07, 6.45) is -0.313. The Morgan fingerprint density at radius 1 is 1.60 bits per heavy atom. The Kier molecular flexibility index (Phi) is 3.57. The van der Waals surface area contributed by atoms with Gasteiger partial charge in [-0.2, -0.15) is 0 Å². The normalized spacial score (nSPS) is 12.2. The van der Waals surface area contributed by atoms with Crippen LogP contribution in [0.5, 0.6) is 0 Å². The lowest BCUT2D eigenvalue weighted by Gasteiger charge is -1.97. The third-order valence-electron chi connectivity index (χ3n) is 0.881. The maximum Gasteiger partial charge on any atom is 0.220 e. The van der Waals surface area contributed by atoms with Crippen LogP contribution in [0.2, 0.25) is 0 Å². The average molecular weight is 141 g/mol. The monoisotopic (exact) mass is 141 g/mol. The molecule has 0 aromatic rings. The fourth-order valence-corrected chi connectivity index (χ4v) is 0.428. The zero-order chi connectivity index (χ0) is 8.15. The maximum atomic E-state index is 10.6. The molecule has 0 bridgehead atoms. The van der Waals surface area contributed by atoms with Crippen LogP contribution in [0, 0.1) is 6.92 Å². The molecule has 0 aliphatic heterocycles. The van der Waals surface area contributed by atoms with Crippen molar-refractivity contribution in [2.45, 2.75) is 12.5 Å². The van der Waals surface area contributed by atoms with Gasteiger partial charge in [-0.05, 0) is 13.0 Å². The van der Waals surface area contributed by atoms with Gasteiger partial charge >= 0.3 is 0 Å². The van der Waals surface area contributed by atoms with E-state index in [4.69, 9.17) is 5.11 Å². The zero-order valence-electron chi connectivity index (χ0n) is 5.54. The number of ketones is 2. The molecule has 0 aromatic carbocycles. The smallest absolute Gasteiger partial charge is 0.220 e. The van der Waals surface area contributed by atoms with Crippen molar-refractivity contribution in [3.8, 4) is 0 Å². The molecule has 0 aliphatic rings. The minimum absolute atomic E-state index is 0.231. The molecule has 0 rings (SSSR count). The van der Waals surface area contributed by atoms with E-state index in [1.54, 1.807) is 0 Å². The largest absolute Gasteiger partial charge is 0.393 e. The minimum atomic E-state index is -1.00. The van der Waals surface area contributed by atoms with E-state index >= 15 is 0 Å². The fraction of sp³-hybridized carbons (Fsp3) is 0.286. The van der Waals surface area contributed by atoms with E-state index in [2.05, 4.69) is 13.5 Å². The molecule has 55 valence electrons. The number of aliphatic hydroxyl groups excluding tert-OH is 1. The van der Waals surface area contributed by atoms with Gasteiger partial charge in [0.1, 0.15) is 0 Å². The summed E-state index contributed by atoms with van der Waals surface area (Å²) in [4.78, 5) is 21.0. The van der Waals surface area contributed by atoms with E-state index < -0.39 is 17.7 Å². The van der Waals surface area contributed by atoms with Crippen molar-refractivity contribution in [2.24, 2.45) is 0 Å². The van der Waals surface area contributed by atoms with Gasteiger partial charge in [-0.15, -0.1) is 0 Å². The van der Waals surface area contributed by atoms with Gasteiger partial charge in [0.05, 0.1) is 6.10 Å². The van der Waals surface area contributed by atoms with E-state index in [1.165, 1.54) is 0 Å². The average Bonchev–Trinajstić information content (AvgIpc) is 1.85. The Morgan fingerprint density at radius 2 is 2.10 bits per heavy atom. The molecule has 3 heteroatoms. The van der Waals surface area contributed by atoms with Gasteiger partial charge in [0.15, 0.2) is 0 Å². The number of rotatable bonds is 4. The highest BCUT2D eigenvalue weighted by Crippen LogP contribution is 1.91. The van der Waals surface area contributed by atoms with E-state index in [1.807, 2.05) is 0 Å². The second-order valence-electron chi connectivity index (χ2n) is 1.85. The molecule has 3 nitrogen and oxygen atoms in total. The molecule has 0 heterocycles. The molecule has 1 atom stereocenters. The maximum absolute atomic E-state index is 10.6. The van der Waals surface area contributed by atoms with E-state index in [-0.39, 0.29) is 6.42 Å². The van der Waals surface area contributed by atoms with Crippen LogP contribution >= 0.6 is 0 Å². The van der Waals surface area contributed by atoms with Crippen LogP contribution in [-0.4, -0.2) is 22.8 Å². The molecule has 0 spiro atoms. The summed E-state index contributed by atoms with van der Waals surface area (Å²) in [6.45, 7) is 6.26. The summed E-state index contributed by atoms with van der Waals surface area (Å²) >= 11 is 0. The van der Waals surface area contributed by atoms with Gasteiger partial charge in [-0.1, -0.05) is 6.58 Å². The molecule has 0 amide bonds. The van der Waals surface area contributed by atoms with Crippen molar-refractivity contribution < 1.29 is 14.7 Å². The summed E-state index contributed by atoms with van der Waals surface area (Å²) in [5, 5.41) is 8.55. The first kappa shape index (κ1) is 9.04. The summed E-state index contributed by atoms with van der Waals surface area (Å²) in [5.74, 6) is -1.33. The number of carbonyl (C=O) groups excluding carboxylic acids is 2. The first-order valence-electron chi connectivity index (χ1n) is 2.78. The first-order chi connectivity index (χ1) is 4.57. The lowest BCUT2D eigenvalue weighted by atomic mass is 10.1. The third-order valence-corrected chi connectivity index (χ3v) is 0.881. The second-order valence-corrected chi connectivity index (χ2v) is 1.85. The zero-order valence-corrected chi connectivity index (χ0v) is 5.54. The van der Waals surface area contributed by atoms with Crippen LogP contribution in [0.15, 0.2) is 12.7 Å². The summed E-state index contributed by atoms with van der Waals surface area (Å²) in [7, 11) is 0. The summed E-state index contributed by atoms with van der Waals surface area (Å²) in [6, 6.07) is 0. The molecular formula is C7H9O3. The molecular weight excluding hydrogens is 132 g/mol. The van der Waals surface area contributed by atoms with Crippen LogP contribution in [0.3, 0.4) is 0 Å². The van der Waals surface area contributed by atoms with Gasteiger partial charge in [-0.3, -0.25) is 9.59 Å². The van der Waals surface area contributed by atoms with Crippen molar-refractivity contribution in [2.75, 3.05) is 0 Å². The van der Waals surface area contributed by atoms with Crippen molar-refractivity contribution in [1.29, 1.82) is 0 Å². The highest BCUT2D eigenvalue weighted by atomic mass is 16.3. The fourth-order valence-electron chi connectivity index (χ4n) is 0.428. The Labute approximate surface area is 59.4 Å². The minimum Gasteiger partial charge on any atom is -0.393 e. The van der Waals surface area contributed by atoms with E-state index in [0.717, 1.165) is 6.08 Å². The van der Waals surface area contributed by atoms with Gasteiger partial charge in [0.2, 0.25) is 11.6 Å². The van der Waals surface area contributed by atoms with Crippen LogP contribution in [-0.2, 0) is 9.59 Å². The Morgan fingerprint density at radius 3 is 2.40 bits per heavy atom. The van der Waals surface area contributed by atoms with Crippen LogP contribution in [0.4, 0.5) is 0 Å². The van der Waals surface area contributed by atoms with Gasteiger partial charge < -0.3 is 5.11 Å². The van der Waals surface area contributed by atoms with Gasteiger partial charge in [0, 0.05) is 6.42 Å². The molecule has 0 aromatic heterocycles. The van der Waals surface area contributed by atoms with Crippen molar-refractivity contribution in [3.63, 3.8) is 0 Å².